The first-order valence-corrected chi connectivity index (χ1v) is 8.37. The van der Waals surface area contributed by atoms with Gasteiger partial charge in [0.1, 0.15) is 0 Å². The van der Waals surface area contributed by atoms with Gasteiger partial charge < -0.3 is 9.84 Å². The first kappa shape index (κ1) is 18.7. The van der Waals surface area contributed by atoms with Crippen LogP contribution in [0.4, 0.5) is 0 Å². The van der Waals surface area contributed by atoms with Gasteiger partial charge in [-0.05, 0) is 43.6 Å². The quantitative estimate of drug-likeness (QED) is 0.415. The molecule has 0 saturated carbocycles. The van der Waals surface area contributed by atoms with Gasteiger partial charge in [0.15, 0.2) is 0 Å². The standard InChI is InChI=1S/C20H30O2/c1-2-3-4-6-11-19(14-9-16-21)15-10-17-22-18-20-12-7-5-8-13-20/h2,5,7-8,10,12-13,15,19,21H,1,3-4,6,9,11,14,16-18H2/b15-10+/t19-/m1/s1. The van der Waals surface area contributed by atoms with E-state index in [2.05, 4.69) is 30.9 Å². The number of rotatable bonds is 13. The van der Waals surface area contributed by atoms with Crippen LogP contribution in [-0.4, -0.2) is 18.3 Å². The van der Waals surface area contributed by atoms with Gasteiger partial charge in [0.2, 0.25) is 0 Å². The van der Waals surface area contributed by atoms with Crippen LogP contribution in [0.25, 0.3) is 0 Å². The van der Waals surface area contributed by atoms with E-state index in [-0.39, 0.29) is 6.61 Å². The summed E-state index contributed by atoms with van der Waals surface area (Å²) in [6, 6.07) is 10.2. The van der Waals surface area contributed by atoms with Crippen molar-refractivity contribution in [3.8, 4) is 0 Å². The van der Waals surface area contributed by atoms with Crippen molar-refractivity contribution < 1.29 is 9.84 Å². The van der Waals surface area contributed by atoms with E-state index in [0.717, 1.165) is 19.3 Å². The highest BCUT2D eigenvalue weighted by Crippen LogP contribution is 2.17. The lowest BCUT2D eigenvalue weighted by Crippen LogP contribution is -2.00. The molecule has 2 heteroatoms. The van der Waals surface area contributed by atoms with E-state index in [1.165, 1.54) is 24.8 Å². The maximum atomic E-state index is 9.00. The van der Waals surface area contributed by atoms with Gasteiger partial charge in [-0.2, -0.15) is 0 Å². The Morgan fingerprint density at radius 3 is 2.59 bits per heavy atom. The fraction of sp³-hybridized carbons (Fsp3) is 0.500. The molecule has 122 valence electrons. The Labute approximate surface area is 135 Å². The molecule has 1 aromatic carbocycles. The zero-order valence-electron chi connectivity index (χ0n) is 13.6. The Hall–Kier alpha value is -1.38. The van der Waals surface area contributed by atoms with Crippen molar-refractivity contribution in [3.63, 3.8) is 0 Å². The Morgan fingerprint density at radius 1 is 1.09 bits per heavy atom. The van der Waals surface area contributed by atoms with Crippen LogP contribution in [0, 0.1) is 5.92 Å². The van der Waals surface area contributed by atoms with Crippen molar-refractivity contribution in [1.82, 2.24) is 0 Å². The minimum absolute atomic E-state index is 0.279. The SMILES string of the molecule is C=CCCCC[C@@H](/C=C/COCc1ccccc1)CCCO. The lowest BCUT2D eigenvalue weighted by Gasteiger charge is -2.11. The van der Waals surface area contributed by atoms with Gasteiger partial charge in [0.25, 0.3) is 0 Å². The maximum Gasteiger partial charge on any atom is 0.0721 e. The van der Waals surface area contributed by atoms with Crippen LogP contribution in [0.5, 0.6) is 0 Å². The molecular weight excluding hydrogens is 272 g/mol. The zero-order valence-corrected chi connectivity index (χ0v) is 13.6. The topological polar surface area (TPSA) is 29.5 Å². The molecule has 0 saturated heterocycles. The summed E-state index contributed by atoms with van der Waals surface area (Å²) in [5.74, 6) is 0.553. The number of hydrogen-bond acceptors (Lipinski definition) is 2. The number of aliphatic hydroxyl groups is 1. The van der Waals surface area contributed by atoms with E-state index in [9.17, 15) is 0 Å². The van der Waals surface area contributed by atoms with E-state index in [1.807, 2.05) is 24.3 Å². The number of allylic oxidation sites excluding steroid dienone is 2. The number of aliphatic hydroxyl groups excluding tert-OH is 1. The molecule has 0 unspecified atom stereocenters. The molecule has 0 spiro atoms. The van der Waals surface area contributed by atoms with Gasteiger partial charge in [-0.25, -0.2) is 0 Å². The minimum Gasteiger partial charge on any atom is -0.396 e. The van der Waals surface area contributed by atoms with Crippen LogP contribution in [0.3, 0.4) is 0 Å². The van der Waals surface area contributed by atoms with Crippen molar-refractivity contribution in [2.75, 3.05) is 13.2 Å². The Kier molecular flexibility index (Phi) is 11.3. The minimum atomic E-state index is 0.279. The van der Waals surface area contributed by atoms with Crippen LogP contribution in [0.1, 0.15) is 44.1 Å². The molecule has 0 aliphatic rings. The lowest BCUT2D eigenvalue weighted by atomic mass is 9.96. The maximum absolute atomic E-state index is 9.00. The molecule has 0 aromatic heterocycles. The molecule has 0 aliphatic carbocycles. The highest BCUT2D eigenvalue weighted by Gasteiger charge is 2.04. The Morgan fingerprint density at radius 2 is 1.86 bits per heavy atom. The molecule has 1 atom stereocenters. The lowest BCUT2D eigenvalue weighted by molar-refractivity contribution is 0.148. The van der Waals surface area contributed by atoms with Gasteiger partial charge in [-0.1, -0.05) is 55.0 Å². The Balaban J connectivity index is 2.22. The molecule has 0 radical (unpaired) electrons. The summed E-state index contributed by atoms with van der Waals surface area (Å²) in [6.45, 7) is 5.35. The summed E-state index contributed by atoms with van der Waals surface area (Å²) in [6.07, 6.45) is 13.0. The van der Waals surface area contributed by atoms with Crippen molar-refractivity contribution in [2.45, 2.75) is 45.1 Å². The molecular formula is C20H30O2. The average Bonchev–Trinajstić information content (AvgIpc) is 2.56. The third-order valence-electron chi connectivity index (χ3n) is 3.70. The summed E-state index contributed by atoms with van der Waals surface area (Å²) in [4.78, 5) is 0. The highest BCUT2D eigenvalue weighted by molar-refractivity contribution is 5.13. The van der Waals surface area contributed by atoms with Crippen molar-refractivity contribution in [3.05, 3.63) is 60.7 Å². The predicted octanol–water partition coefficient (Wildman–Crippen LogP) is 4.89. The molecule has 1 rings (SSSR count). The summed E-state index contributed by atoms with van der Waals surface area (Å²) < 4.78 is 5.67. The van der Waals surface area contributed by atoms with E-state index >= 15 is 0 Å². The Bertz CT molecular complexity index is 397. The summed E-state index contributed by atoms with van der Waals surface area (Å²) >= 11 is 0. The molecule has 0 aliphatic heterocycles. The van der Waals surface area contributed by atoms with Crippen molar-refractivity contribution >= 4 is 0 Å². The second-order valence-corrected chi connectivity index (χ2v) is 5.63. The first-order valence-electron chi connectivity index (χ1n) is 8.37. The summed E-state index contributed by atoms with van der Waals surface area (Å²) in [5.41, 5.74) is 1.21. The van der Waals surface area contributed by atoms with Gasteiger partial charge in [0, 0.05) is 6.61 Å². The predicted molar refractivity (Wildman–Crippen MR) is 93.7 cm³/mol. The number of ether oxygens (including phenoxy) is 1. The molecule has 0 amide bonds. The highest BCUT2D eigenvalue weighted by atomic mass is 16.5. The van der Waals surface area contributed by atoms with Crippen LogP contribution >= 0.6 is 0 Å². The van der Waals surface area contributed by atoms with Gasteiger partial charge in [0.05, 0.1) is 13.2 Å². The zero-order chi connectivity index (χ0) is 15.9. The molecule has 0 fully saturated rings. The van der Waals surface area contributed by atoms with Crippen LogP contribution < -0.4 is 0 Å². The van der Waals surface area contributed by atoms with Crippen LogP contribution in [-0.2, 0) is 11.3 Å². The van der Waals surface area contributed by atoms with Crippen LogP contribution in [0.2, 0.25) is 0 Å². The third kappa shape index (κ3) is 9.54. The summed E-state index contributed by atoms with van der Waals surface area (Å²) in [7, 11) is 0. The van der Waals surface area contributed by atoms with Crippen molar-refractivity contribution in [2.24, 2.45) is 5.92 Å². The van der Waals surface area contributed by atoms with E-state index in [1.54, 1.807) is 0 Å². The van der Waals surface area contributed by atoms with Gasteiger partial charge in [-0.15, -0.1) is 6.58 Å². The van der Waals surface area contributed by atoms with Crippen molar-refractivity contribution in [1.29, 1.82) is 0 Å². The summed E-state index contributed by atoms with van der Waals surface area (Å²) in [5, 5.41) is 9.00. The third-order valence-corrected chi connectivity index (χ3v) is 3.70. The number of hydrogen-bond donors (Lipinski definition) is 1. The van der Waals surface area contributed by atoms with E-state index < -0.39 is 0 Å². The molecule has 1 N–H and O–H groups in total. The molecule has 2 nitrogen and oxygen atoms in total. The fourth-order valence-electron chi connectivity index (χ4n) is 2.45. The largest absolute Gasteiger partial charge is 0.396 e. The molecule has 0 heterocycles. The van der Waals surface area contributed by atoms with Crippen LogP contribution in [0.15, 0.2) is 55.1 Å². The molecule has 22 heavy (non-hydrogen) atoms. The second kappa shape index (κ2) is 13.3. The monoisotopic (exact) mass is 302 g/mol. The van der Waals surface area contributed by atoms with E-state index in [0.29, 0.717) is 19.1 Å². The normalized spacial score (nSPS) is 12.6. The number of unbranched alkanes of at least 4 members (excludes halogenated alkanes) is 2. The fourth-order valence-corrected chi connectivity index (χ4v) is 2.45. The average molecular weight is 302 g/mol. The van der Waals surface area contributed by atoms with Gasteiger partial charge >= 0.3 is 0 Å². The first-order chi connectivity index (χ1) is 10.9. The number of benzene rings is 1. The molecule has 1 aromatic rings. The second-order valence-electron chi connectivity index (χ2n) is 5.63. The van der Waals surface area contributed by atoms with Gasteiger partial charge in [-0.3, -0.25) is 0 Å². The van der Waals surface area contributed by atoms with E-state index in [4.69, 9.17) is 9.84 Å². The smallest absolute Gasteiger partial charge is 0.0721 e. The molecule has 0 bridgehead atoms.